The molecule has 1 unspecified atom stereocenters. The smallest absolute Gasteiger partial charge is 0.176 e. The molecule has 0 amide bonds. The van der Waals surface area contributed by atoms with Gasteiger partial charge in [0.2, 0.25) is 0 Å². The molecule has 0 saturated carbocycles. The molecule has 2 aliphatic rings. The van der Waals surface area contributed by atoms with Gasteiger partial charge < -0.3 is 9.84 Å². The average molecular weight is 345 g/mol. The number of benzene rings is 1. The maximum atomic E-state index is 12.5. The van der Waals surface area contributed by atoms with Crippen LogP contribution < -0.4 is 4.74 Å². The minimum Gasteiger partial charge on any atom is -0.503 e. The molecule has 1 aromatic carbocycles. The van der Waals surface area contributed by atoms with E-state index in [0.29, 0.717) is 23.3 Å². The Bertz CT molecular complexity index is 820. The Balaban J connectivity index is 2.22. The number of rotatable bonds is 2. The summed E-state index contributed by atoms with van der Waals surface area (Å²) in [6, 6.07) is 5.50. The fourth-order valence-corrected chi connectivity index (χ4v) is 3.68. The number of nitrogens with zero attached hydrogens (tertiary/aromatic N) is 2. The van der Waals surface area contributed by atoms with E-state index < -0.39 is 11.8 Å². The predicted molar refractivity (Wildman–Crippen MR) is 90.5 cm³/mol. The van der Waals surface area contributed by atoms with Crippen LogP contribution in [0.3, 0.4) is 0 Å². The highest BCUT2D eigenvalue weighted by molar-refractivity contribution is 6.32. The lowest BCUT2D eigenvalue weighted by Gasteiger charge is -2.32. The molecule has 3 rings (SSSR count). The fourth-order valence-electron chi connectivity index (χ4n) is 3.46. The van der Waals surface area contributed by atoms with Crippen LogP contribution in [0, 0.1) is 17.2 Å². The van der Waals surface area contributed by atoms with Crippen molar-refractivity contribution >= 4 is 23.1 Å². The predicted octanol–water partition coefficient (Wildman–Crippen LogP) is 3.76. The van der Waals surface area contributed by atoms with E-state index in [1.807, 2.05) is 6.92 Å². The normalized spacial score (nSPS) is 23.4. The van der Waals surface area contributed by atoms with Crippen molar-refractivity contribution in [3.8, 4) is 17.6 Å². The van der Waals surface area contributed by atoms with Crippen molar-refractivity contribution in [2.24, 2.45) is 10.9 Å². The van der Waals surface area contributed by atoms with Crippen molar-refractivity contribution in [2.75, 3.05) is 7.11 Å². The monoisotopic (exact) mass is 344 g/mol. The van der Waals surface area contributed by atoms with E-state index in [4.69, 9.17) is 16.3 Å². The Kier molecular flexibility index (Phi) is 4.33. The van der Waals surface area contributed by atoms with Crippen LogP contribution in [-0.4, -0.2) is 23.7 Å². The number of nitriles is 1. The quantitative estimate of drug-likeness (QED) is 0.885. The van der Waals surface area contributed by atoms with Gasteiger partial charge in [0.25, 0.3) is 0 Å². The summed E-state index contributed by atoms with van der Waals surface area (Å²) < 4.78 is 5.17. The highest BCUT2D eigenvalue weighted by Crippen LogP contribution is 2.46. The van der Waals surface area contributed by atoms with Crippen LogP contribution in [0.2, 0.25) is 5.02 Å². The average Bonchev–Trinajstić information content (AvgIpc) is 2.56. The summed E-state index contributed by atoms with van der Waals surface area (Å²) >= 11 is 6.11. The van der Waals surface area contributed by atoms with Gasteiger partial charge in [-0.2, -0.15) is 5.26 Å². The van der Waals surface area contributed by atoms with Crippen LogP contribution in [0.5, 0.6) is 11.5 Å². The van der Waals surface area contributed by atoms with Gasteiger partial charge in [0.1, 0.15) is 0 Å². The second kappa shape index (κ2) is 6.29. The molecule has 1 N–H and O–H groups in total. The Hall–Kier alpha value is -2.32. The Morgan fingerprint density at radius 1 is 1.42 bits per heavy atom. The highest BCUT2D eigenvalue weighted by Gasteiger charge is 2.39. The van der Waals surface area contributed by atoms with Crippen molar-refractivity contribution in [3.05, 3.63) is 34.0 Å². The van der Waals surface area contributed by atoms with E-state index in [1.165, 1.54) is 7.11 Å². The lowest BCUT2D eigenvalue weighted by Crippen LogP contribution is -2.30. The molecule has 1 heterocycles. The number of halogens is 1. The van der Waals surface area contributed by atoms with Gasteiger partial charge in [-0.1, -0.05) is 11.6 Å². The molecule has 2 atom stereocenters. The summed E-state index contributed by atoms with van der Waals surface area (Å²) in [5, 5.41) is 19.7. The van der Waals surface area contributed by atoms with Gasteiger partial charge in [-0.05, 0) is 37.5 Å². The first kappa shape index (κ1) is 16.5. The van der Waals surface area contributed by atoms with Gasteiger partial charge >= 0.3 is 0 Å². The minimum absolute atomic E-state index is 0.0286. The number of carbonyl (C=O) groups excluding carboxylic acids is 1. The summed E-state index contributed by atoms with van der Waals surface area (Å²) in [6.45, 7) is 1.81. The van der Waals surface area contributed by atoms with Gasteiger partial charge in [-0.25, -0.2) is 0 Å². The second-order valence-corrected chi connectivity index (χ2v) is 6.44. The first-order valence-corrected chi connectivity index (χ1v) is 8.13. The molecule has 6 heteroatoms. The van der Waals surface area contributed by atoms with E-state index in [2.05, 4.69) is 11.1 Å². The summed E-state index contributed by atoms with van der Waals surface area (Å²) in [5.74, 6) is -0.888. The zero-order valence-corrected chi connectivity index (χ0v) is 14.2. The van der Waals surface area contributed by atoms with Gasteiger partial charge in [-0.15, -0.1) is 0 Å². The standard InChI is InChI=1S/C18H17ClN2O3/c1-9-11(8-20)16(17-13(21-9)4-3-5-14(17)22)10-6-12(19)18(23)15(7-10)24-2/h6-7,11,16,23H,3-5H2,1-2H3/t11?,16-/m1/s1. The van der Waals surface area contributed by atoms with Crippen LogP contribution in [0.1, 0.15) is 37.7 Å². The molecule has 0 aromatic heterocycles. The van der Waals surface area contributed by atoms with Crippen LogP contribution in [0.15, 0.2) is 28.4 Å². The molecule has 124 valence electrons. The van der Waals surface area contributed by atoms with Gasteiger partial charge in [0, 0.05) is 29.3 Å². The van der Waals surface area contributed by atoms with E-state index in [0.717, 1.165) is 18.5 Å². The minimum atomic E-state index is -0.545. The van der Waals surface area contributed by atoms with Crippen LogP contribution in [0.25, 0.3) is 0 Å². The van der Waals surface area contributed by atoms with Gasteiger partial charge in [0.15, 0.2) is 17.3 Å². The van der Waals surface area contributed by atoms with Gasteiger partial charge in [-0.3, -0.25) is 9.79 Å². The topological polar surface area (TPSA) is 82.7 Å². The fraction of sp³-hybridized carbons (Fsp3) is 0.389. The maximum absolute atomic E-state index is 12.5. The van der Waals surface area contributed by atoms with Crippen LogP contribution in [-0.2, 0) is 4.79 Å². The van der Waals surface area contributed by atoms with Crippen molar-refractivity contribution in [2.45, 2.75) is 32.1 Å². The largest absolute Gasteiger partial charge is 0.503 e. The lowest BCUT2D eigenvalue weighted by atomic mass is 9.72. The zero-order chi connectivity index (χ0) is 17.4. The molecule has 1 aromatic rings. The molecule has 0 fully saturated rings. The summed E-state index contributed by atoms with van der Waals surface area (Å²) in [4.78, 5) is 17.0. The van der Waals surface area contributed by atoms with Crippen molar-refractivity contribution in [1.82, 2.24) is 0 Å². The van der Waals surface area contributed by atoms with Crippen LogP contribution >= 0.6 is 11.6 Å². The molecule has 0 radical (unpaired) electrons. The third kappa shape index (κ3) is 2.57. The lowest BCUT2D eigenvalue weighted by molar-refractivity contribution is -0.116. The van der Waals surface area contributed by atoms with Crippen molar-refractivity contribution in [1.29, 1.82) is 5.26 Å². The Morgan fingerprint density at radius 2 is 2.17 bits per heavy atom. The molecule has 0 bridgehead atoms. The number of allylic oxidation sites excluding steroid dienone is 2. The SMILES string of the molecule is COc1cc([C@H]2C3=C(CCCC3=O)N=C(C)C2C#N)cc(Cl)c1O. The molecule has 1 aliphatic heterocycles. The second-order valence-electron chi connectivity index (χ2n) is 6.03. The maximum Gasteiger partial charge on any atom is 0.176 e. The van der Waals surface area contributed by atoms with Crippen LogP contribution in [0.4, 0.5) is 0 Å². The van der Waals surface area contributed by atoms with E-state index >= 15 is 0 Å². The highest BCUT2D eigenvalue weighted by atomic mass is 35.5. The molecule has 5 nitrogen and oxygen atoms in total. The summed E-state index contributed by atoms with van der Waals surface area (Å²) in [6.07, 6.45) is 1.97. The van der Waals surface area contributed by atoms with Gasteiger partial charge in [0.05, 0.1) is 24.1 Å². The molecule has 0 saturated heterocycles. The number of hydrogen-bond acceptors (Lipinski definition) is 5. The third-order valence-electron chi connectivity index (χ3n) is 4.60. The van der Waals surface area contributed by atoms with E-state index in [-0.39, 0.29) is 22.3 Å². The Morgan fingerprint density at radius 3 is 2.83 bits per heavy atom. The molecular formula is C18H17ClN2O3. The molecule has 24 heavy (non-hydrogen) atoms. The molecule has 1 aliphatic carbocycles. The number of phenolic OH excluding ortho intramolecular Hbond substituents is 1. The molecule has 0 spiro atoms. The summed E-state index contributed by atoms with van der Waals surface area (Å²) in [7, 11) is 1.43. The number of phenols is 1. The van der Waals surface area contributed by atoms with E-state index in [1.54, 1.807) is 12.1 Å². The third-order valence-corrected chi connectivity index (χ3v) is 4.89. The first-order valence-electron chi connectivity index (χ1n) is 7.75. The number of hydrogen-bond donors (Lipinski definition) is 1. The van der Waals surface area contributed by atoms with Crippen molar-refractivity contribution < 1.29 is 14.6 Å². The first-order chi connectivity index (χ1) is 11.5. The number of aromatic hydroxyl groups is 1. The number of aliphatic imine (C=N–C) groups is 1. The van der Waals surface area contributed by atoms with E-state index in [9.17, 15) is 15.2 Å². The zero-order valence-electron chi connectivity index (χ0n) is 13.5. The molecular weight excluding hydrogens is 328 g/mol. The van der Waals surface area contributed by atoms with Crippen molar-refractivity contribution in [3.63, 3.8) is 0 Å². The number of methoxy groups -OCH3 is 1. The number of ketones is 1. The number of ether oxygens (including phenoxy) is 1. The summed E-state index contributed by atoms with van der Waals surface area (Å²) in [5.41, 5.74) is 2.74. The Labute approximate surface area is 145 Å². The number of Topliss-reactive ketones (excluding diaryl/α,β-unsaturated/α-hetero) is 1. The number of carbonyl (C=O) groups is 1.